The smallest absolute Gasteiger partial charge is 1.00 e. The van der Waals surface area contributed by atoms with Crippen molar-refractivity contribution in [2.75, 3.05) is 0 Å². The predicted octanol–water partition coefficient (Wildman–Crippen LogP) is -1.57. The van der Waals surface area contributed by atoms with Gasteiger partial charge >= 0.3 is 51.4 Å². The monoisotopic (exact) mass is 140 g/mol. The molecule has 1 aliphatic rings. The van der Waals surface area contributed by atoms with E-state index in [1.54, 1.807) is 0 Å². The third-order valence-electron chi connectivity index (χ3n) is 1.57. The van der Waals surface area contributed by atoms with Crippen LogP contribution in [0.3, 0.4) is 0 Å². The van der Waals surface area contributed by atoms with Gasteiger partial charge in [-0.25, -0.2) is 0 Å². The molecule has 0 heterocycles. The normalized spacial score (nSPS) is 22.1. The number of rotatable bonds is 0. The molecule has 1 rings (SSSR count). The Labute approximate surface area is 94.8 Å². The molecule has 0 amide bonds. The van der Waals surface area contributed by atoms with Gasteiger partial charge in [-0.15, -0.1) is 0 Å². The van der Waals surface area contributed by atoms with Gasteiger partial charge in [-0.05, 0) is 12.8 Å². The zero-order valence-electron chi connectivity index (χ0n) is 6.56. The topological polar surface area (TPSA) is 20.2 Å². The first-order valence-corrected chi connectivity index (χ1v) is 3.07. The fourth-order valence-corrected chi connectivity index (χ4v) is 1.08. The molecular weight excluding hydrogens is 127 g/mol. The molecule has 0 spiro atoms. The molecule has 0 atom stereocenters. The van der Waals surface area contributed by atoms with Crippen LogP contribution in [0.5, 0.6) is 0 Å². The fourth-order valence-electron chi connectivity index (χ4n) is 1.08. The van der Waals surface area contributed by atoms with Gasteiger partial charge < -0.3 is 6.53 Å². The first-order valence-electron chi connectivity index (χ1n) is 3.07. The SMILES string of the molecule is OC1CCCCC1.[H-].[K+]. The van der Waals surface area contributed by atoms with Gasteiger partial charge in [-0.1, -0.05) is 19.3 Å². The summed E-state index contributed by atoms with van der Waals surface area (Å²) in [6.45, 7) is 0. The summed E-state index contributed by atoms with van der Waals surface area (Å²) < 4.78 is 0. The number of hydrogen-bond donors (Lipinski definition) is 1. The van der Waals surface area contributed by atoms with Crippen molar-refractivity contribution in [3.63, 3.8) is 0 Å². The molecule has 0 aliphatic heterocycles. The van der Waals surface area contributed by atoms with Gasteiger partial charge in [-0.2, -0.15) is 0 Å². The van der Waals surface area contributed by atoms with E-state index in [4.69, 9.17) is 5.11 Å². The van der Waals surface area contributed by atoms with Gasteiger partial charge in [0.25, 0.3) is 0 Å². The second-order valence-electron chi connectivity index (χ2n) is 2.29. The molecule has 1 fully saturated rings. The Kier molecular flexibility index (Phi) is 6.46. The van der Waals surface area contributed by atoms with E-state index in [1.807, 2.05) is 0 Å². The summed E-state index contributed by atoms with van der Waals surface area (Å²) >= 11 is 0. The molecule has 0 unspecified atom stereocenters. The van der Waals surface area contributed by atoms with Crippen LogP contribution in [-0.2, 0) is 0 Å². The summed E-state index contributed by atoms with van der Waals surface area (Å²) in [5, 5.41) is 8.91. The van der Waals surface area contributed by atoms with E-state index in [0.717, 1.165) is 12.8 Å². The van der Waals surface area contributed by atoms with Crippen molar-refractivity contribution < 1.29 is 57.9 Å². The average Bonchev–Trinajstić information content (AvgIpc) is 1.69. The summed E-state index contributed by atoms with van der Waals surface area (Å²) in [7, 11) is 0. The Balaban J connectivity index is 0. The van der Waals surface area contributed by atoms with E-state index in [-0.39, 0.29) is 58.9 Å². The van der Waals surface area contributed by atoms with Crippen LogP contribution in [0, 0.1) is 0 Å². The average molecular weight is 140 g/mol. The van der Waals surface area contributed by atoms with Crippen LogP contribution in [0.15, 0.2) is 0 Å². The molecule has 0 aromatic rings. The van der Waals surface area contributed by atoms with Crippen LogP contribution >= 0.6 is 0 Å². The molecular formula is C6H13KO. The summed E-state index contributed by atoms with van der Waals surface area (Å²) in [4.78, 5) is 0. The Morgan fingerprint density at radius 3 is 1.88 bits per heavy atom. The Bertz CT molecular complexity index is 55.0. The Morgan fingerprint density at radius 1 is 1.12 bits per heavy atom. The first-order chi connectivity index (χ1) is 3.39. The molecule has 1 nitrogen and oxygen atoms in total. The maximum atomic E-state index is 8.91. The van der Waals surface area contributed by atoms with E-state index in [2.05, 4.69) is 0 Å². The molecule has 0 radical (unpaired) electrons. The minimum Gasteiger partial charge on any atom is -1.00 e. The molecule has 1 saturated carbocycles. The minimum atomic E-state index is 0. The molecule has 0 saturated heterocycles. The summed E-state index contributed by atoms with van der Waals surface area (Å²) in [6, 6.07) is 0. The van der Waals surface area contributed by atoms with Crippen LogP contribution < -0.4 is 51.4 Å². The Morgan fingerprint density at radius 2 is 1.62 bits per heavy atom. The van der Waals surface area contributed by atoms with Crippen LogP contribution in [-0.4, -0.2) is 11.2 Å². The van der Waals surface area contributed by atoms with Crippen LogP contribution in [0.4, 0.5) is 0 Å². The van der Waals surface area contributed by atoms with Crippen molar-refractivity contribution in [2.24, 2.45) is 0 Å². The summed E-state index contributed by atoms with van der Waals surface area (Å²) in [6.07, 6.45) is 5.92. The second-order valence-corrected chi connectivity index (χ2v) is 2.29. The standard InChI is InChI=1S/C6H12O.K.H/c7-6-4-2-1-3-5-6;;/h6-7H,1-5H2;;/q;+1;-1. The van der Waals surface area contributed by atoms with Gasteiger partial charge in [-0.3, -0.25) is 0 Å². The molecule has 2 heteroatoms. The molecule has 0 aromatic carbocycles. The number of aliphatic hydroxyl groups is 1. The van der Waals surface area contributed by atoms with Gasteiger partial charge in [0.15, 0.2) is 0 Å². The largest absolute Gasteiger partial charge is 1.00 e. The van der Waals surface area contributed by atoms with Crippen LogP contribution in [0.1, 0.15) is 33.5 Å². The molecule has 0 bridgehead atoms. The third-order valence-corrected chi connectivity index (χ3v) is 1.57. The zero-order chi connectivity index (χ0) is 5.11. The quantitative estimate of drug-likeness (QED) is 0.403. The maximum Gasteiger partial charge on any atom is 1.00 e. The fraction of sp³-hybridized carbons (Fsp3) is 1.00. The Hall–Kier alpha value is 1.60. The molecule has 8 heavy (non-hydrogen) atoms. The van der Waals surface area contributed by atoms with Crippen molar-refractivity contribution in [3.05, 3.63) is 0 Å². The van der Waals surface area contributed by atoms with Gasteiger partial charge in [0.2, 0.25) is 0 Å². The summed E-state index contributed by atoms with van der Waals surface area (Å²) in [5.74, 6) is 0. The van der Waals surface area contributed by atoms with E-state index in [0.29, 0.717) is 0 Å². The molecule has 0 aromatic heterocycles. The molecule has 44 valence electrons. The van der Waals surface area contributed by atoms with Crippen molar-refractivity contribution in [3.8, 4) is 0 Å². The summed E-state index contributed by atoms with van der Waals surface area (Å²) in [5.41, 5.74) is 0. The number of hydrogen-bond acceptors (Lipinski definition) is 1. The van der Waals surface area contributed by atoms with Gasteiger partial charge in [0.05, 0.1) is 6.10 Å². The third kappa shape index (κ3) is 3.59. The van der Waals surface area contributed by atoms with E-state index in [9.17, 15) is 0 Å². The zero-order valence-corrected chi connectivity index (χ0v) is 8.68. The van der Waals surface area contributed by atoms with Crippen LogP contribution in [0.25, 0.3) is 0 Å². The molecule has 1 aliphatic carbocycles. The van der Waals surface area contributed by atoms with Gasteiger partial charge in [0, 0.05) is 0 Å². The predicted molar refractivity (Wildman–Crippen MR) is 30.2 cm³/mol. The van der Waals surface area contributed by atoms with E-state index < -0.39 is 0 Å². The first kappa shape index (κ1) is 9.60. The minimum absolute atomic E-state index is 0. The van der Waals surface area contributed by atoms with Crippen molar-refractivity contribution in [2.45, 2.75) is 38.2 Å². The van der Waals surface area contributed by atoms with E-state index >= 15 is 0 Å². The number of aliphatic hydroxyl groups excluding tert-OH is 1. The van der Waals surface area contributed by atoms with Gasteiger partial charge in [0.1, 0.15) is 0 Å². The molecule has 1 N–H and O–H groups in total. The van der Waals surface area contributed by atoms with Crippen LogP contribution in [0.2, 0.25) is 0 Å². The van der Waals surface area contributed by atoms with Crippen molar-refractivity contribution in [1.29, 1.82) is 0 Å². The van der Waals surface area contributed by atoms with Crippen molar-refractivity contribution in [1.82, 2.24) is 0 Å². The van der Waals surface area contributed by atoms with E-state index in [1.165, 1.54) is 19.3 Å². The maximum absolute atomic E-state index is 8.91. The van der Waals surface area contributed by atoms with Crippen molar-refractivity contribution >= 4 is 0 Å². The second kappa shape index (κ2) is 5.39.